The third-order valence-electron chi connectivity index (χ3n) is 4.89. The molecule has 1 aromatic carbocycles. The molecule has 142 valence electrons. The normalized spacial score (nSPS) is 18.5. The van der Waals surface area contributed by atoms with Gasteiger partial charge in [-0.1, -0.05) is 43.7 Å². The van der Waals surface area contributed by atoms with Gasteiger partial charge in [-0.15, -0.1) is 11.8 Å². The van der Waals surface area contributed by atoms with Crippen LogP contribution >= 0.6 is 11.8 Å². The van der Waals surface area contributed by atoms with Crippen LogP contribution in [0.1, 0.15) is 49.0 Å². The fourth-order valence-electron chi connectivity index (χ4n) is 3.49. The highest BCUT2D eigenvalue weighted by atomic mass is 32.2. The minimum absolute atomic E-state index is 0.0803. The lowest BCUT2D eigenvalue weighted by Crippen LogP contribution is -2.43. The fraction of sp³-hybridized carbons (Fsp3) is 0.500. The zero-order chi connectivity index (χ0) is 19.3. The topological polar surface area (TPSA) is 92.4 Å². The average Bonchev–Trinajstić information content (AvgIpc) is 2.59. The molecule has 0 spiro atoms. The molecule has 0 saturated carbocycles. The number of carboxylic acids is 1. The SMILES string of the molecule is CSC(NC(=O)c1ccccc1CN)C(C(=O)O)C1=CCCC(C)(C)C1. The molecule has 1 amide bonds. The molecule has 1 aliphatic carbocycles. The molecule has 26 heavy (non-hydrogen) atoms. The summed E-state index contributed by atoms with van der Waals surface area (Å²) in [5.74, 6) is -1.92. The minimum atomic E-state index is -0.902. The first-order valence-electron chi connectivity index (χ1n) is 8.82. The summed E-state index contributed by atoms with van der Waals surface area (Å²) in [7, 11) is 0. The van der Waals surface area contributed by atoms with Crippen molar-refractivity contribution < 1.29 is 14.7 Å². The molecule has 0 saturated heterocycles. The number of rotatable bonds is 7. The first-order valence-corrected chi connectivity index (χ1v) is 10.1. The van der Waals surface area contributed by atoms with Gasteiger partial charge in [0.05, 0.1) is 5.37 Å². The molecule has 0 bridgehead atoms. The molecule has 0 aliphatic heterocycles. The van der Waals surface area contributed by atoms with Crippen LogP contribution in [0, 0.1) is 11.3 Å². The monoisotopic (exact) mass is 376 g/mol. The molecule has 1 aromatic rings. The van der Waals surface area contributed by atoms with E-state index in [2.05, 4.69) is 19.2 Å². The van der Waals surface area contributed by atoms with Crippen LogP contribution in [0.4, 0.5) is 0 Å². The van der Waals surface area contributed by atoms with Crippen molar-refractivity contribution in [1.29, 1.82) is 0 Å². The highest BCUT2D eigenvalue weighted by Crippen LogP contribution is 2.40. The molecule has 2 atom stereocenters. The predicted octanol–water partition coefficient (Wildman–Crippen LogP) is 3.40. The smallest absolute Gasteiger partial charge is 0.313 e. The summed E-state index contributed by atoms with van der Waals surface area (Å²) in [5, 5.41) is 12.2. The minimum Gasteiger partial charge on any atom is -0.481 e. The zero-order valence-corrected chi connectivity index (χ0v) is 16.4. The van der Waals surface area contributed by atoms with E-state index in [4.69, 9.17) is 5.73 Å². The van der Waals surface area contributed by atoms with Crippen molar-refractivity contribution in [3.63, 3.8) is 0 Å². The van der Waals surface area contributed by atoms with Crippen LogP contribution in [0.15, 0.2) is 35.9 Å². The average molecular weight is 377 g/mol. The summed E-state index contributed by atoms with van der Waals surface area (Å²) in [6, 6.07) is 7.14. The van der Waals surface area contributed by atoms with E-state index in [0.29, 0.717) is 5.56 Å². The van der Waals surface area contributed by atoms with Crippen molar-refractivity contribution in [3.8, 4) is 0 Å². The van der Waals surface area contributed by atoms with Crippen LogP contribution in [-0.2, 0) is 11.3 Å². The Balaban J connectivity index is 2.25. The van der Waals surface area contributed by atoms with Gasteiger partial charge in [0.2, 0.25) is 0 Å². The fourth-order valence-corrected chi connectivity index (χ4v) is 4.27. The van der Waals surface area contributed by atoms with Crippen molar-refractivity contribution >= 4 is 23.6 Å². The summed E-state index contributed by atoms with van der Waals surface area (Å²) in [5.41, 5.74) is 7.94. The molecule has 6 heteroatoms. The van der Waals surface area contributed by atoms with Crippen molar-refractivity contribution in [1.82, 2.24) is 5.32 Å². The van der Waals surface area contributed by atoms with Gasteiger partial charge >= 0.3 is 5.97 Å². The maximum atomic E-state index is 12.7. The second-order valence-electron chi connectivity index (χ2n) is 7.47. The number of carboxylic acid groups (broad SMARTS) is 1. The van der Waals surface area contributed by atoms with Crippen LogP contribution in [0.3, 0.4) is 0 Å². The lowest BCUT2D eigenvalue weighted by atomic mass is 9.74. The summed E-state index contributed by atoms with van der Waals surface area (Å²) in [6.07, 6.45) is 6.51. The van der Waals surface area contributed by atoms with Crippen molar-refractivity contribution in [2.24, 2.45) is 17.1 Å². The van der Waals surface area contributed by atoms with Crippen molar-refractivity contribution in [3.05, 3.63) is 47.0 Å². The summed E-state index contributed by atoms with van der Waals surface area (Å²) in [6.45, 7) is 4.57. The van der Waals surface area contributed by atoms with Gasteiger partial charge < -0.3 is 16.2 Å². The molecular formula is C20H28N2O3S. The number of carbonyl (C=O) groups excluding carboxylic acids is 1. The number of hydrogen-bond donors (Lipinski definition) is 3. The van der Waals surface area contributed by atoms with Gasteiger partial charge in [0.1, 0.15) is 5.92 Å². The van der Waals surface area contributed by atoms with Gasteiger partial charge in [0.15, 0.2) is 0 Å². The van der Waals surface area contributed by atoms with Crippen molar-refractivity contribution in [2.45, 2.75) is 45.0 Å². The Morgan fingerprint density at radius 1 is 1.35 bits per heavy atom. The van der Waals surface area contributed by atoms with E-state index >= 15 is 0 Å². The summed E-state index contributed by atoms with van der Waals surface area (Å²) >= 11 is 1.35. The zero-order valence-electron chi connectivity index (χ0n) is 15.6. The summed E-state index contributed by atoms with van der Waals surface area (Å²) in [4.78, 5) is 24.8. The second-order valence-corrected chi connectivity index (χ2v) is 8.44. The van der Waals surface area contributed by atoms with Crippen molar-refractivity contribution in [2.75, 3.05) is 6.26 Å². The van der Waals surface area contributed by atoms with E-state index in [1.807, 2.05) is 24.5 Å². The molecule has 0 aromatic heterocycles. The lowest BCUT2D eigenvalue weighted by molar-refractivity contribution is -0.140. The molecule has 0 fully saturated rings. The number of carbonyl (C=O) groups is 2. The molecule has 1 aliphatic rings. The Kier molecular flexibility index (Phi) is 6.89. The maximum absolute atomic E-state index is 12.7. The van der Waals surface area contributed by atoms with Crippen LogP contribution in [0.25, 0.3) is 0 Å². The molecule has 0 heterocycles. The summed E-state index contributed by atoms with van der Waals surface area (Å²) < 4.78 is 0. The van der Waals surface area contributed by atoms with Gasteiger partial charge in [-0.25, -0.2) is 0 Å². The van der Waals surface area contributed by atoms with E-state index in [1.54, 1.807) is 12.1 Å². The number of nitrogens with two attached hydrogens (primary N) is 1. The Labute approximate surface area is 159 Å². The molecule has 4 N–H and O–H groups in total. The largest absolute Gasteiger partial charge is 0.481 e. The number of hydrogen-bond acceptors (Lipinski definition) is 4. The van der Waals surface area contributed by atoms with Gasteiger partial charge in [-0.05, 0) is 42.6 Å². The lowest BCUT2D eigenvalue weighted by Gasteiger charge is -2.34. The molecule has 2 rings (SSSR count). The van der Waals surface area contributed by atoms with Crippen LogP contribution in [0.5, 0.6) is 0 Å². The molecule has 2 unspecified atom stereocenters. The van der Waals surface area contributed by atoms with Gasteiger partial charge in [0.25, 0.3) is 5.91 Å². The number of amides is 1. The predicted molar refractivity (Wildman–Crippen MR) is 106 cm³/mol. The number of thioether (sulfide) groups is 1. The molecule has 5 nitrogen and oxygen atoms in total. The maximum Gasteiger partial charge on any atom is 0.313 e. The Morgan fingerprint density at radius 3 is 2.62 bits per heavy atom. The van der Waals surface area contributed by atoms with E-state index < -0.39 is 17.3 Å². The highest BCUT2D eigenvalue weighted by Gasteiger charge is 2.36. The quantitative estimate of drug-likeness (QED) is 0.501. The Bertz CT molecular complexity index is 700. The van der Waals surface area contributed by atoms with E-state index in [1.165, 1.54) is 11.8 Å². The first kappa shape index (κ1) is 20.5. The third-order valence-corrected chi connectivity index (χ3v) is 5.79. The first-order chi connectivity index (χ1) is 12.3. The van der Waals surface area contributed by atoms with Crippen LogP contribution in [-0.4, -0.2) is 28.6 Å². The van der Waals surface area contributed by atoms with E-state index in [-0.39, 0.29) is 17.9 Å². The number of allylic oxidation sites excluding steroid dienone is 1. The number of benzene rings is 1. The van der Waals surface area contributed by atoms with Crippen LogP contribution < -0.4 is 11.1 Å². The van der Waals surface area contributed by atoms with Gasteiger partial charge in [-0.3, -0.25) is 9.59 Å². The second kappa shape index (κ2) is 8.73. The molecule has 0 radical (unpaired) electrons. The Hall–Kier alpha value is -1.79. The standard InChI is InChI=1S/C20H28N2O3S/c1-20(2)10-6-8-13(11-20)16(19(24)25)18(26-3)22-17(23)15-9-5-4-7-14(15)12-21/h4-5,7-9,16,18H,6,10-12,21H2,1-3H3,(H,22,23)(H,24,25). The Morgan fingerprint density at radius 2 is 2.04 bits per heavy atom. The van der Waals surface area contributed by atoms with E-state index in [9.17, 15) is 14.7 Å². The highest BCUT2D eigenvalue weighted by molar-refractivity contribution is 7.99. The third kappa shape index (κ3) is 4.89. The number of aliphatic carboxylic acids is 1. The van der Waals surface area contributed by atoms with Gasteiger partial charge in [0, 0.05) is 12.1 Å². The number of nitrogens with one attached hydrogen (secondary N) is 1. The van der Waals surface area contributed by atoms with E-state index in [0.717, 1.165) is 30.4 Å². The van der Waals surface area contributed by atoms with Crippen LogP contribution in [0.2, 0.25) is 0 Å². The molecular weight excluding hydrogens is 348 g/mol. The van der Waals surface area contributed by atoms with Gasteiger partial charge in [-0.2, -0.15) is 0 Å².